The molecular formula is C23H27N3O3. The molecular weight excluding hydrogens is 366 g/mol. The van der Waals surface area contributed by atoms with Crippen molar-refractivity contribution in [3.05, 3.63) is 71.3 Å². The molecule has 0 aromatic heterocycles. The third-order valence-corrected chi connectivity index (χ3v) is 5.37. The van der Waals surface area contributed by atoms with Crippen LogP contribution >= 0.6 is 0 Å². The second kappa shape index (κ2) is 8.47. The van der Waals surface area contributed by atoms with Gasteiger partial charge in [0.2, 0.25) is 5.91 Å². The predicted octanol–water partition coefficient (Wildman–Crippen LogP) is 3.42. The zero-order valence-electron chi connectivity index (χ0n) is 17.1. The van der Waals surface area contributed by atoms with Gasteiger partial charge in [0.25, 0.3) is 5.91 Å². The van der Waals surface area contributed by atoms with Crippen LogP contribution in [0.2, 0.25) is 0 Å². The van der Waals surface area contributed by atoms with E-state index in [-0.39, 0.29) is 18.5 Å². The molecule has 3 rings (SSSR count). The lowest BCUT2D eigenvalue weighted by Crippen LogP contribution is -2.44. The van der Waals surface area contributed by atoms with Crippen LogP contribution in [0.15, 0.2) is 54.6 Å². The summed E-state index contributed by atoms with van der Waals surface area (Å²) in [7, 11) is 0. The van der Waals surface area contributed by atoms with E-state index in [1.54, 1.807) is 6.92 Å². The smallest absolute Gasteiger partial charge is 0.325 e. The first-order valence-corrected chi connectivity index (χ1v) is 9.91. The molecule has 152 valence electrons. The number of rotatable bonds is 7. The van der Waals surface area contributed by atoms with Crippen molar-refractivity contribution in [1.29, 1.82) is 0 Å². The molecule has 0 spiro atoms. The van der Waals surface area contributed by atoms with Gasteiger partial charge in [0.15, 0.2) is 0 Å². The van der Waals surface area contributed by atoms with E-state index in [1.165, 1.54) is 0 Å². The molecule has 2 atom stereocenters. The van der Waals surface area contributed by atoms with Crippen molar-refractivity contribution < 1.29 is 14.4 Å². The second-order valence-electron chi connectivity index (χ2n) is 7.58. The highest BCUT2D eigenvalue weighted by Gasteiger charge is 2.50. The van der Waals surface area contributed by atoms with Gasteiger partial charge >= 0.3 is 6.03 Å². The Labute approximate surface area is 171 Å². The SMILES string of the molecule is CCCC(NC(=O)CN1C(=O)NC(C)(c2ccccc2C)C1=O)c1ccccc1. The summed E-state index contributed by atoms with van der Waals surface area (Å²) in [5, 5.41) is 5.73. The van der Waals surface area contributed by atoms with E-state index in [2.05, 4.69) is 10.6 Å². The number of aryl methyl sites for hydroxylation is 1. The Hall–Kier alpha value is -3.15. The van der Waals surface area contributed by atoms with Crippen molar-refractivity contribution in [2.45, 2.75) is 45.2 Å². The molecule has 0 saturated carbocycles. The minimum atomic E-state index is -1.18. The van der Waals surface area contributed by atoms with E-state index in [9.17, 15) is 14.4 Å². The highest BCUT2D eigenvalue weighted by Crippen LogP contribution is 2.30. The van der Waals surface area contributed by atoms with E-state index in [0.29, 0.717) is 0 Å². The Bertz CT molecular complexity index is 913. The molecule has 1 heterocycles. The van der Waals surface area contributed by atoms with Gasteiger partial charge in [-0.3, -0.25) is 14.5 Å². The summed E-state index contributed by atoms with van der Waals surface area (Å²) >= 11 is 0. The van der Waals surface area contributed by atoms with E-state index >= 15 is 0 Å². The minimum absolute atomic E-state index is 0.155. The first kappa shape index (κ1) is 20.6. The maximum absolute atomic E-state index is 13.1. The average molecular weight is 393 g/mol. The van der Waals surface area contributed by atoms with Gasteiger partial charge in [-0.2, -0.15) is 0 Å². The lowest BCUT2D eigenvalue weighted by atomic mass is 9.88. The van der Waals surface area contributed by atoms with Crippen molar-refractivity contribution in [1.82, 2.24) is 15.5 Å². The van der Waals surface area contributed by atoms with Crippen LogP contribution in [0.25, 0.3) is 0 Å². The maximum Gasteiger partial charge on any atom is 0.325 e. The highest BCUT2D eigenvalue weighted by atomic mass is 16.2. The van der Waals surface area contributed by atoms with Gasteiger partial charge < -0.3 is 10.6 Å². The number of carbonyl (C=O) groups is 3. The molecule has 2 aromatic carbocycles. The molecule has 0 aliphatic carbocycles. The number of benzene rings is 2. The molecule has 4 amide bonds. The van der Waals surface area contributed by atoms with Crippen LogP contribution in [-0.4, -0.2) is 29.3 Å². The Balaban J connectivity index is 1.74. The fraction of sp³-hybridized carbons (Fsp3) is 0.348. The first-order valence-electron chi connectivity index (χ1n) is 9.91. The van der Waals surface area contributed by atoms with Crippen molar-refractivity contribution in [3.8, 4) is 0 Å². The Morgan fingerprint density at radius 1 is 1.10 bits per heavy atom. The summed E-state index contributed by atoms with van der Waals surface area (Å²) in [6.07, 6.45) is 1.67. The van der Waals surface area contributed by atoms with E-state index in [4.69, 9.17) is 0 Å². The van der Waals surface area contributed by atoms with Crippen molar-refractivity contribution in [3.63, 3.8) is 0 Å². The first-order chi connectivity index (χ1) is 13.9. The number of imide groups is 1. The molecule has 2 N–H and O–H groups in total. The number of carbonyl (C=O) groups excluding carboxylic acids is 3. The summed E-state index contributed by atoms with van der Waals surface area (Å²) in [4.78, 5) is 39.3. The van der Waals surface area contributed by atoms with Crippen LogP contribution in [0.4, 0.5) is 4.79 Å². The van der Waals surface area contributed by atoms with Crippen molar-refractivity contribution >= 4 is 17.8 Å². The maximum atomic E-state index is 13.1. The molecule has 0 radical (unpaired) electrons. The van der Waals surface area contributed by atoms with Gasteiger partial charge in [0.1, 0.15) is 12.1 Å². The topological polar surface area (TPSA) is 78.5 Å². The van der Waals surface area contributed by atoms with Crippen molar-refractivity contribution in [2.75, 3.05) is 6.54 Å². The normalized spacial score (nSPS) is 19.8. The standard InChI is InChI=1S/C23H27N3O3/c1-4-10-19(17-12-6-5-7-13-17)24-20(27)15-26-21(28)23(3,25-22(26)29)18-14-9-8-11-16(18)2/h5-9,11-14,19H,4,10,15H2,1-3H3,(H,24,27)(H,25,29). The lowest BCUT2D eigenvalue weighted by Gasteiger charge is -2.24. The van der Waals surface area contributed by atoms with Crippen LogP contribution in [0, 0.1) is 6.92 Å². The zero-order valence-corrected chi connectivity index (χ0v) is 17.1. The summed E-state index contributed by atoms with van der Waals surface area (Å²) < 4.78 is 0. The monoisotopic (exact) mass is 393 g/mol. The van der Waals surface area contributed by atoms with Crippen LogP contribution < -0.4 is 10.6 Å². The van der Waals surface area contributed by atoms with E-state index in [0.717, 1.165) is 34.4 Å². The second-order valence-corrected chi connectivity index (χ2v) is 7.58. The largest absolute Gasteiger partial charge is 0.348 e. The molecule has 1 saturated heterocycles. The molecule has 6 heteroatoms. The van der Waals surface area contributed by atoms with Gasteiger partial charge in [0, 0.05) is 0 Å². The fourth-order valence-corrected chi connectivity index (χ4v) is 3.84. The molecule has 1 aliphatic heterocycles. The third-order valence-electron chi connectivity index (χ3n) is 5.37. The highest BCUT2D eigenvalue weighted by molar-refractivity contribution is 6.09. The molecule has 1 aliphatic rings. The minimum Gasteiger partial charge on any atom is -0.348 e. The molecule has 2 aromatic rings. The van der Waals surface area contributed by atoms with Gasteiger partial charge in [-0.1, -0.05) is 67.9 Å². The third kappa shape index (κ3) is 4.16. The number of amides is 4. The molecule has 0 bridgehead atoms. The molecule has 1 fully saturated rings. The zero-order chi connectivity index (χ0) is 21.0. The Kier molecular flexibility index (Phi) is 6.01. The van der Waals surface area contributed by atoms with Gasteiger partial charge in [-0.25, -0.2) is 4.79 Å². The van der Waals surface area contributed by atoms with Crippen LogP contribution in [0.5, 0.6) is 0 Å². The lowest BCUT2D eigenvalue weighted by molar-refractivity contribution is -0.135. The average Bonchev–Trinajstić information content (AvgIpc) is 2.92. The van der Waals surface area contributed by atoms with Crippen LogP contribution in [0.3, 0.4) is 0 Å². The summed E-state index contributed by atoms with van der Waals surface area (Å²) in [5.41, 5.74) is 1.46. The van der Waals surface area contributed by atoms with Gasteiger partial charge in [-0.05, 0) is 37.0 Å². The van der Waals surface area contributed by atoms with Crippen molar-refractivity contribution in [2.24, 2.45) is 0 Å². The Morgan fingerprint density at radius 3 is 2.41 bits per heavy atom. The molecule has 29 heavy (non-hydrogen) atoms. The van der Waals surface area contributed by atoms with E-state index < -0.39 is 17.5 Å². The quantitative estimate of drug-likeness (QED) is 0.708. The number of nitrogens with zero attached hydrogens (tertiary/aromatic N) is 1. The number of hydrogen-bond acceptors (Lipinski definition) is 3. The number of hydrogen-bond donors (Lipinski definition) is 2. The van der Waals surface area contributed by atoms with E-state index in [1.807, 2.05) is 68.4 Å². The summed E-state index contributed by atoms with van der Waals surface area (Å²) in [6, 6.07) is 16.4. The van der Waals surface area contributed by atoms with Gasteiger partial charge in [-0.15, -0.1) is 0 Å². The number of urea groups is 1. The fourth-order valence-electron chi connectivity index (χ4n) is 3.84. The predicted molar refractivity (Wildman–Crippen MR) is 111 cm³/mol. The summed E-state index contributed by atoms with van der Waals surface area (Å²) in [5.74, 6) is -0.775. The van der Waals surface area contributed by atoms with Crippen LogP contribution in [0.1, 0.15) is 49.4 Å². The van der Waals surface area contributed by atoms with Gasteiger partial charge in [0.05, 0.1) is 6.04 Å². The number of nitrogens with one attached hydrogen (secondary N) is 2. The Morgan fingerprint density at radius 2 is 1.76 bits per heavy atom. The molecule has 2 unspecified atom stereocenters. The molecule has 6 nitrogen and oxygen atoms in total. The van der Waals surface area contributed by atoms with Crippen LogP contribution in [-0.2, 0) is 15.1 Å². The summed E-state index contributed by atoms with van der Waals surface area (Å²) in [6.45, 7) is 5.31.